The van der Waals surface area contributed by atoms with E-state index >= 15 is 0 Å². The van der Waals surface area contributed by atoms with Crippen LogP contribution in [0.3, 0.4) is 0 Å². The fraction of sp³-hybridized carbons (Fsp3) is 0.375. The van der Waals surface area contributed by atoms with Gasteiger partial charge in [-0.2, -0.15) is 9.88 Å². The zero-order valence-corrected chi connectivity index (χ0v) is 21.9. The molecule has 0 aliphatic carbocycles. The Morgan fingerprint density at radius 2 is 1.53 bits per heavy atom. The summed E-state index contributed by atoms with van der Waals surface area (Å²) < 4.78 is 36.0. The Kier molecular flexibility index (Phi) is 6.95. The van der Waals surface area contributed by atoms with Crippen LogP contribution >= 0.6 is 0 Å². The minimum atomic E-state index is -3.75. The highest BCUT2D eigenvalue weighted by molar-refractivity contribution is 7.90. The first-order chi connectivity index (χ1) is 16.5. The van der Waals surface area contributed by atoms with E-state index in [0.29, 0.717) is 5.39 Å². The number of hydrogen-bond donors (Lipinski definition) is 0. The maximum absolute atomic E-state index is 13.0. The number of benzene rings is 1. The highest BCUT2D eigenvalue weighted by Gasteiger charge is 2.33. The number of fused-ring (bicyclic) bond motifs is 1. The first-order valence-electron chi connectivity index (χ1n) is 10.9. The Balaban J connectivity index is 2.21. The van der Waals surface area contributed by atoms with Gasteiger partial charge in [0.1, 0.15) is 11.2 Å². The summed E-state index contributed by atoms with van der Waals surface area (Å²) in [4.78, 5) is 47.6. The number of rotatable bonds is 3. The number of carbonyl (C=O) groups excluding carboxylic acids is 2. The molecule has 0 bridgehead atoms. The van der Waals surface area contributed by atoms with Gasteiger partial charge >= 0.3 is 12.2 Å². The van der Waals surface area contributed by atoms with Crippen LogP contribution < -0.4 is 10.5 Å². The van der Waals surface area contributed by atoms with Gasteiger partial charge in [0.2, 0.25) is 15.0 Å². The molecule has 3 aromatic rings. The van der Waals surface area contributed by atoms with E-state index in [0.717, 1.165) is 15.7 Å². The molecular formula is C24H28N4O7S. The molecule has 1 aromatic carbocycles. The van der Waals surface area contributed by atoms with Crippen molar-refractivity contribution in [3.8, 4) is 5.69 Å². The summed E-state index contributed by atoms with van der Waals surface area (Å²) in [5.41, 5.74) is -1.99. The van der Waals surface area contributed by atoms with Crippen LogP contribution in [0.25, 0.3) is 16.7 Å². The molecule has 12 heteroatoms. The number of hydrogen-bond acceptors (Lipinski definition) is 9. The van der Waals surface area contributed by atoms with Crippen molar-refractivity contribution in [2.24, 2.45) is 0 Å². The third-order valence-corrected chi connectivity index (χ3v) is 5.30. The van der Waals surface area contributed by atoms with E-state index in [1.165, 1.54) is 36.5 Å². The van der Waals surface area contributed by atoms with Gasteiger partial charge in [-0.3, -0.25) is 9.36 Å². The molecule has 0 N–H and O–H groups in total. The molecule has 0 unspecified atom stereocenters. The number of ether oxygens (including phenoxy) is 2. The first kappa shape index (κ1) is 26.8. The number of anilines is 1. The zero-order valence-electron chi connectivity index (χ0n) is 21.1. The van der Waals surface area contributed by atoms with Crippen molar-refractivity contribution in [3.63, 3.8) is 0 Å². The maximum atomic E-state index is 13.0. The van der Waals surface area contributed by atoms with E-state index in [2.05, 4.69) is 9.97 Å². The molecule has 36 heavy (non-hydrogen) atoms. The fourth-order valence-corrected chi connectivity index (χ4v) is 3.60. The number of imide groups is 1. The van der Waals surface area contributed by atoms with Gasteiger partial charge in [0.05, 0.1) is 11.4 Å². The van der Waals surface area contributed by atoms with Crippen LogP contribution in [0.2, 0.25) is 0 Å². The fourth-order valence-electron chi connectivity index (χ4n) is 3.10. The summed E-state index contributed by atoms with van der Waals surface area (Å²) in [5.74, 6) is 0. The van der Waals surface area contributed by atoms with Crippen molar-refractivity contribution in [2.45, 2.75) is 57.9 Å². The minimum Gasteiger partial charge on any atom is -0.443 e. The SMILES string of the molecule is CC(C)(C)OC(=O)N(C(=O)OC(C)(C)C)c1cccc(-n2c(=O)ccc3cnc(S(C)(=O)=O)nc32)c1. The predicted molar refractivity (Wildman–Crippen MR) is 133 cm³/mol. The summed E-state index contributed by atoms with van der Waals surface area (Å²) in [6, 6.07) is 8.70. The Labute approximate surface area is 208 Å². The number of aromatic nitrogens is 3. The minimum absolute atomic E-state index is 0.0381. The lowest BCUT2D eigenvalue weighted by Crippen LogP contribution is -2.43. The van der Waals surface area contributed by atoms with Gasteiger partial charge in [0.25, 0.3) is 5.56 Å². The van der Waals surface area contributed by atoms with Crippen molar-refractivity contribution in [3.05, 3.63) is 52.9 Å². The monoisotopic (exact) mass is 516 g/mol. The molecule has 11 nitrogen and oxygen atoms in total. The molecule has 0 saturated heterocycles. The smallest absolute Gasteiger partial charge is 0.424 e. The lowest BCUT2D eigenvalue weighted by atomic mass is 10.2. The molecular weight excluding hydrogens is 488 g/mol. The molecule has 2 aromatic heterocycles. The summed E-state index contributed by atoms with van der Waals surface area (Å²) >= 11 is 0. The predicted octanol–water partition coefficient (Wildman–Crippen LogP) is 3.86. The quantitative estimate of drug-likeness (QED) is 0.475. The van der Waals surface area contributed by atoms with E-state index in [1.54, 1.807) is 47.6 Å². The topological polar surface area (TPSA) is 138 Å². The number of amides is 2. The second kappa shape index (κ2) is 9.34. The van der Waals surface area contributed by atoms with Crippen molar-refractivity contribution in [2.75, 3.05) is 11.2 Å². The second-order valence-electron chi connectivity index (χ2n) is 10.0. The Morgan fingerprint density at radius 1 is 0.944 bits per heavy atom. The zero-order chi connectivity index (χ0) is 27.1. The number of pyridine rings is 1. The lowest BCUT2D eigenvalue weighted by molar-refractivity contribution is 0.0430. The van der Waals surface area contributed by atoms with Crippen LogP contribution in [-0.2, 0) is 19.3 Å². The third kappa shape index (κ3) is 6.25. The van der Waals surface area contributed by atoms with Crippen molar-refractivity contribution in [1.29, 1.82) is 0 Å². The van der Waals surface area contributed by atoms with Crippen molar-refractivity contribution >= 4 is 38.7 Å². The first-order valence-corrected chi connectivity index (χ1v) is 12.8. The van der Waals surface area contributed by atoms with Gasteiger partial charge in [0.15, 0.2) is 5.65 Å². The maximum Gasteiger partial charge on any atom is 0.424 e. The molecule has 0 radical (unpaired) electrons. The molecule has 192 valence electrons. The molecule has 0 spiro atoms. The summed E-state index contributed by atoms with van der Waals surface area (Å²) in [6.45, 7) is 9.94. The lowest BCUT2D eigenvalue weighted by Gasteiger charge is -2.28. The van der Waals surface area contributed by atoms with Crippen LogP contribution in [0.1, 0.15) is 41.5 Å². The van der Waals surface area contributed by atoms with Crippen LogP contribution in [0.4, 0.5) is 15.3 Å². The van der Waals surface area contributed by atoms with Gasteiger partial charge in [-0.25, -0.2) is 23.0 Å². The third-order valence-electron chi connectivity index (χ3n) is 4.44. The van der Waals surface area contributed by atoms with Crippen LogP contribution in [-0.4, -0.2) is 52.6 Å². The van der Waals surface area contributed by atoms with Gasteiger partial charge in [0, 0.05) is 23.9 Å². The van der Waals surface area contributed by atoms with Gasteiger partial charge in [-0.05, 0) is 65.8 Å². The normalized spacial score (nSPS) is 12.3. The Morgan fingerprint density at radius 3 is 2.06 bits per heavy atom. The average molecular weight is 517 g/mol. The molecule has 3 rings (SSSR count). The molecule has 0 aliphatic rings. The standard InChI is InChI=1S/C24H28N4O7S/c1-23(2,3)34-21(30)28(22(31)35-24(4,5)6)17-10-8-9-16(13-17)27-18(29)12-11-15-14-25-20(26-19(15)27)36(7,32)33/h8-14H,1-7H3. The summed E-state index contributed by atoms with van der Waals surface area (Å²) in [7, 11) is -3.75. The van der Waals surface area contributed by atoms with Crippen LogP contribution in [0.5, 0.6) is 0 Å². The van der Waals surface area contributed by atoms with Crippen LogP contribution in [0, 0.1) is 0 Å². The number of carbonyl (C=O) groups is 2. The van der Waals surface area contributed by atoms with Crippen molar-refractivity contribution in [1.82, 2.24) is 14.5 Å². The van der Waals surface area contributed by atoms with Gasteiger partial charge < -0.3 is 9.47 Å². The average Bonchev–Trinajstić information content (AvgIpc) is 2.70. The highest BCUT2D eigenvalue weighted by Crippen LogP contribution is 2.25. The summed E-state index contributed by atoms with van der Waals surface area (Å²) in [6.07, 6.45) is 0.313. The molecule has 0 saturated carbocycles. The molecule has 2 amide bonds. The molecule has 2 heterocycles. The molecule has 0 atom stereocenters. The van der Waals surface area contributed by atoms with Crippen molar-refractivity contribution < 1.29 is 27.5 Å². The largest absolute Gasteiger partial charge is 0.443 e. The van der Waals surface area contributed by atoms with Crippen LogP contribution in [0.15, 0.2) is 52.5 Å². The van der Waals surface area contributed by atoms with E-state index in [9.17, 15) is 22.8 Å². The Bertz CT molecular complexity index is 1470. The molecule has 0 aliphatic heterocycles. The van der Waals surface area contributed by atoms with E-state index in [4.69, 9.17) is 9.47 Å². The van der Waals surface area contributed by atoms with E-state index < -0.39 is 43.9 Å². The Hall–Kier alpha value is -3.80. The van der Waals surface area contributed by atoms with E-state index in [-0.39, 0.29) is 17.0 Å². The number of nitrogens with zero attached hydrogens (tertiary/aromatic N) is 4. The second-order valence-corrected chi connectivity index (χ2v) is 11.9. The highest BCUT2D eigenvalue weighted by atomic mass is 32.2. The number of sulfone groups is 1. The van der Waals surface area contributed by atoms with Gasteiger partial charge in [-0.15, -0.1) is 0 Å². The van der Waals surface area contributed by atoms with E-state index in [1.807, 2.05) is 0 Å². The van der Waals surface area contributed by atoms with Gasteiger partial charge in [-0.1, -0.05) is 6.07 Å². The summed E-state index contributed by atoms with van der Waals surface area (Å²) in [5, 5.41) is -0.0433. The molecule has 0 fully saturated rings.